The van der Waals surface area contributed by atoms with Gasteiger partial charge in [-0.05, 0) is 6.07 Å². The number of hydrogen-bond donors (Lipinski definition) is 1. The van der Waals surface area contributed by atoms with Crippen LogP contribution in [0.25, 0.3) is 11.3 Å². The molecule has 9 heteroatoms. The van der Waals surface area contributed by atoms with Crippen molar-refractivity contribution >= 4 is 5.69 Å². The van der Waals surface area contributed by atoms with Gasteiger partial charge < -0.3 is 5.11 Å². The second-order valence-electron chi connectivity index (χ2n) is 5.44. The molecule has 2 heterocycles. The minimum absolute atomic E-state index is 0.0114. The number of rotatable bonds is 6. The molecule has 0 aliphatic carbocycles. The Morgan fingerprint density at radius 3 is 2.60 bits per heavy atom. The average Bonchev–Trinajstić information content (AvgIpc) is 3.06. The molecular formula is C16H15N5O4. The van der Waals surface area contributed by atoms with E-state index in [1.54, 1.807) is 6.07 Å². The summed E-state index contributed by atoms with van der Waals surface area (Å²) in [6.07, 6.45) is 1.35. The molecule has 25 heavy (non-hydrogen) atoms. The summed E-state index contributed by atoms with van der Waals surface area (Å²) in [5.41, 5.74) is 0.967. The van der Waals surface area contributed by atoms with Crippen molar-refractivity contribution in [2.45, 2.75) is 19.2 Å². The van der Waals surface area contributed by atoms with Crippen LogP contribution in [0.5, 0.6) is 0 Å². The van der Waals surface area contributed by atoms with E-state index in [-0.39, 0.29) is 24.3 Å². The molecule has 0 fully saturated rings. The first-order valence-corrected chi connectivity index (χ1v) is 7.51. The van der Waals surface area contributed by atoms with Gasteiger partial charge in [-0.15, -0.1) is 0 Å². The van der Waals surface area contributed by atoms with Crippen LogP contribution in [0.3, 0.4) is 0 Å². The zero-order chi connectivity index (χ0) is 17.8. The maximum absolute atomic E-state index is 12.0. The quantitative estimate of drug-likeness (QED) is 0.530. The standard InChI is InChI=1S/C16H15N5O4/c22-14(10-19-9-13(8-17-19)21(24)25)11-20-16(23)7-6-15(18-20)12-4-2-1-3-5-12/h1-9,14,22H,10-11H2. The molecule has 0 aliphatic heterocycles. The van der Waals surface area contributed by atoms with Crippen LogP contribution in [0, 0.1) is 10.1 Å². The molecule has 0 saturated carbocycles. The Bertz CT molecular complexity index is 935. The van der Waals surface area contributed by atoms with E-state index in [2.05, 4.69) is 10.2 Å². The fraction of sp³-hybridized carbons (Fsp3) is 0.188. The lowest BCUT2D eigenvalue weighted by atomic mass is 10.1. The summed E-state index contributed by atoms with van der Waals surface area (Å²) < 4.78 is 2.43. The van der Waals surface area contributed by atoms with Gasteiger partial charge in [-0.1, -0.05) is 30.3 Å². The molecule has 1 atom stereocenters. The van der Waals surface area contributed by atoms with Crippen LogP contribution in [-0.4, -0.2) is 35.7 Å². The van der Waals surface area contributed by atoms with Gasteiger partial charge in [0, 0.05) is 11.6 Å². The lowest BCUT2D eigenvalue weighted by Gasteiger charge is -2.12. The Morgan fingerprint density at radius 1 is 1.16 bits per heavy atom. The Kier molecular flexibility index (Phi) is 4.66. The van der Waals surface area contributed by atoms with Crippen molar-refractivity contribution < 1.29 is 10.0 Å². The van der Waals surface area contributed by atoms with Gasteiger partial charge in [0.2, 0.25) is 0 Å². The third-order valence-electron chi connectivity index (χ3n) is 3.55. The molecule has 1 unspecified atom stereocenters. The zero-order valence-corrected chi connectivity index (χ0v) is 13.1. The van der Waals surface area contributed by atoms with Gasteiger partial charge in [0.05, 0.1) is 29.8 Å². The Hall–Kier alpha value is -3.33. The van der Waals surface area contributed by atoms with Crippen LogP contribution in [0.4, 0.5) is 5.69 Å². The molecule has 0 amide bonds. The Labute approximate surface area is 141 Å². The molecule has 0 aliphatic rings. The van der Waals surface area contributed by atoms with E-state index in [1.165, 1.54) is 21.6 Å². The molecule has 128 valence electrons. The predicted octanol–water partition coefficient (Wildman–Crippen LogP) is 1.08. The summed E-state index contributed by atoms with van der Waals surface area (Å²) in [6, 6.07) is 12.4. The van der Waals surface area contributed by atoms with Crippen molar-refractivity contribution in [3.63, 3.8) is 0 Å². The van der Waals surface area contributed by atoms with Crippen LogP contribution in [0.15, 0.2) is 59.7 Å². The summed E-state index contributed by atoms with van der Waals surface area (Å²) in [4.78, 5) is 22.0. The van der Waals surface area contributed by atoms with Crippen LogP contribution >= 0.6 is 0 Å². The van der Waals surface area contributed by atoms with Crippen molar-refractivity contribution in [3.05, 3.63) is 75.3 Å². The van der Waals surface area contributed by atoms with Crippen LogP contribution < -0.4 is 5.56 Å². The summed E-state index contributed by atoms with van der Waals surface area (Å²) in [5.74, 6) is 0. The van der Waals surface area contributed by atoms with Crippen LogP contribution in [-0.2, 0) is 13.1 Å². The summed E-state index contributed by atoms with van der Waals surface area (Å²) >= 11 is 0. The van der Waals surface area contributed by atoms with Gasteiger partial charge in [0.25, 0.3) is 5.56 Å². The third kappa shape index (κ3) is 3.96. The minimum Gasteiger partial charge on any atom is -0.389 e. The van der Waals surface area contributed by atoms with Crippen molar-refractivity contribution in [2.75, 3.05) is 0 Å². The van der Waals surface area contributed by atoms with Crippen molar-refractivity contribution in [1.82, 2.24) is 19.6 Å². The first kappa shape index (κ1) is 16.5. The average molecular weight is 341 g/mol. The monoisotopic (exact) mass is 341 g/mol. The number of nitrogens with zero attached hydrogens (tertiary/aromatic N) is 5. The molecule has 3 aromatic rings. The molecule has 9 nitrogen and oxygen atoms in total. The van der Waals surface area contributed by atoms with Crippen LogP contribution in [0.2, 0.25) is 0 Å². The number of aliphatic hydroxyl groups is 1. The SMILES string of the molecule is O=c1ccc(-c2ccccc2)nn1CC(O)Cn1cc([N+](=O)[O-])cn1. The first-order valence-electron chi connectivity index (χ1n) is 7.51. The highest BCUT2D eigenvalue weighted by atomic mass is 16.6. The highest BCUT2D eigenvalue weighted by Gasteiger charge is 2.14. The van der Waals surface area contributed by atoms with Gasteiger partial charge >= 0.3 is 5.69 Å². The van der Waals surface area contributed by atoms with Gasteiger partial charge in [-0.2, -0.15) is 10.2 Å². The van der Waals surface area contributed by atoms with Crippen molar-refractivity contribution in [2.24, 2.45) is 0 Å². The Balaban J connectivity index is 1.75. The van der Waals surface area contributed by atoms with E-state index >= 15 is 0 Å². The molecule has 3 rings (SSSR count). The molecular weight excluding hydrogens is 326 g/mol. The van der Waals surface area contributed by atoms with E-state index in [1.807, 2.05) is 30.3 Å². The smallest absolute Gasteiger partial charge is 0.306 e. The number of aliphatic hydroxyl groups excluding tert-OH is 1. The lowest BCUT2D eigenvalue weighted by Crippen LogP contribution is -2.31. The maximum Gasteiger partial charge on any atom is 0.306 e. The van der Waals surface area contributed by atoms with E-state index in [9.17, 15) is 20.0 Å². The van der Waals surface area contributed by atoms with Gasteiger partial charge in [0.1, 0.15) is 12.4 Å². The third-order valence-corrected chi connectivity index (χ3v) is 3.55. The molecule has 1 aromatic carbocycles. The van der Waals surface area contributed by atoms with E-state index in [4.69, 9.17) is 0 Å². The fourth-order valence-corrected chi connectivity index (χ4v) is 2.36. The normalized spacial score (nSPS) is 12.0. The highest BCUT2D eigenvalue weighted by molar-refractivity contribution is 5.57. The van der Waals surface area contributed by atoms with Gasteiger partial charge in [-0.25, -0.2) is 4.68 Å². The highest BCUT2D eigenvalue weighted by Crippen LogP contribution is 2.14. The largest absolute Gasteiger partial charge is 0.389 e. The van der Waals surface area contributed by atoms with Crippen molar-refractivity contribution in [3.8, 4) is 11.3 Å². The molecule has 0 saturated heterocycles. The predicted molar refractivity (Wildman–Crippen MR) is 88.8 cm³/mol. The Morgan fingerprint density at radius 2 is 1.92 bits per heavy atom. The number of hydrogen-bond acceptors (Lipinski definition) is 6. The second kappa shape index (κ2) is 7.05. The zero-order valence-electron chi connectivity index (χ0n) is 13.1. The number of aromatic nitrogens is 4. The second-order valence-corrected chi connectivity index (χ2v) is 5.44. The van der Waals surface area contributed by atoms with Gasteiger partial charge in [0.15, 0.2) is 0 Å². The maximum atomic E-state index is 12.0. The summed E-state index contributed by atoms with van der Waals surface area (Å²) in [6.45, 7) is -0.0370. The van der Waals surface area contributed by atoms with Crippen molar-refractivity contribution in [1.29, 1.82) is 0 Å². The number of benzene rings is 1. The number of nitro groups is 1. The fourth-order valence-electron chi connectivity index (χ4n) is 2.36. The van der Waals surface area contributed by atoms with E-state index in [0.29, 0.717) is 5.69 Å². The van der Waals surface area contributed by atoms with E-state index < -0.39 is 11.0 Å². The first-order chi connectivity index (χ1) is 12.0. The molecule has 0 spiro atoms. The summed E-state index contributed by atoms with van der Waals surface area (Å²) in [5, 5.41) is 28.9. The van der Waals surface area contributed by atoms with Gasteiger partial charge in [-0.3, -0.25) is 19.6 Å². The van der Waals surface area contributed by atoms with Crippen LogP contribution in [0.1, 0.15) is 0 Å². The lowest BCUT2D eigenvalue weighted by molar-refractivity contribution is -0.385. The molecule has 2 aromatic heterocycles. The molecule has 0 radical (unpaired) electrons. The summed E-state index contributed by atoms with van der Waals surface area (Å²) in [7, 11) is 0. The molecule has 1 N–H and O–H groups in total. The topological polar surface area (TPSA) is 116 Å². The van der Waals surface area contributed by atoms with E-state index in [0.717, 1.165) is 11.8 Å². The molecule has 0 bridgehead atoms. The minimum atomic E-state index is -0.976.